The summed E-state index contributed by atoms with van der Waals surface area (Å²) in [6, 6.07) is 4.78. The van der Waals surface area contributed by atoms with Gasteiger partial charge in [0.25, 0.3) is 11.6 Å². The van der Waals surface area contributed by atoms with Crippen LogP contribution >= 0.6 is 11.8 Å². The van der Waals surface area contributed by atoms with Crippen molar-refractivity contribution in [2.75, 3.05) is 29.9 Å². The van der Waals surface area contributed by atoms with Crippen LogP contribution in [0, 0.1) is 10.1 Å². The number of amides is 1. The van der Waals surface area contributed by atoms with E-state index in [0.717, 1.165) is 11.5 Å². The Bertz CT molecular complexity index is 550. The summed E-state index contributed by atoms with van der Waals surface area (Å²) in [4.78, 5) is 25.2. The third-order valence-electron chi connectivity index (χ3n) is 3.45. The maximum atomic E-state index is 12.7. The van der Waals surface area contributed by atoms with Gasteiger partial charge in [0.05, 0.1) is 10.5 Å². The van der Waals surface area contributed by atoms with E-state index < -0.39 is 4.92 Å². The normalized spacial score (nSPS) is 18.4. The SMILES string of the molecule is CCNc1c(C(=O)N2CCSCC2C)cccc1[N+](=O)[O-]. The number of nitrogens with one attached hydrogen (secondary N) is 1. The van der Waals surface area contributed by atoms with Crippen molar-refractivity contribution in [1.82, 2.24) is 4.90 Å². The zero-order valence-corrected chi connectivity index (χ0v) is 13.0. The summed E-state index contributed by atoms with van der Waals surface area (Å²) in [6.45, 7) is 5.06. The number of nitro groups is 1. The van der Waals surface area contributed by atoms with E-state index in [1.807, 2.05) is 25.6 Å². The van der Waals surface area contributed by atoms with Crippen molar-refractivity contribution < 1.29 is 9.72 Å². The van der Waals surface area contributed by atoms with Gasteiger partial charge in [0.1, 0.15) is 5.69 Å². The molecule has 1 aromatic carbocycles. The average molecular weight is 309 g/mol. The zero-order valence-electron chi connectivity index (χ0n) is 12.2. The molecule has 1 N–H and O–H groups in total. The van der Waals surface area contributed by atoms with Gasteiger partial charge in [-0.1, -0.05) is 6.07 Å². The van der Waals surface area contributed by atoms with Gasteiger partial charge >= 0.3 is 0 Å². The lowest BCUT2D eigenvalue weighted by Crippen LogP contribution is -2.44. The highest BCUT2D eigenvalue weighted by Gasteiger charge is 2.28. The van der Waals surface area contributed by atoms with Crippen LogP contribution in [-0.2, 0) is 0 Å². The van der Waals surface area contributed by atoms with Gasteiger partial charge in [-0.15, -0.1) is 0 Å². The van der Waals surface area contributed by atoms with E-state index in [1.165, 1.54) is 6.07 Å². The van der Waals surface area contributed by atoms with Crippen LogP contribution in [0.1, 0.15) is 24.2 Å². The third kappa shape index (κ3) is 3.29. The van der Waals surface area contributed by atoms with Crippen molar-refractivity contribution in [3.63, 3.8) is 0 Å². The molecule has 1 amide bonds. The quantitative estimate of drug-likeness (QED) is 0.683. The Hall–Kier alpha value is -1.76. The minimum atomic E-state index is -0.454. The number of carbonyl (C=O) groups is 1. The third-order valence-corrected chi connectivity index (χ3v) is 4.64. The van der Waals surface area contributed by atoms with Crippen LogP contribution in [0.4, 0.5) is 11.4 Å². The first-order valence-electron chi connectivity index (χ1n) is 6.96. The highest BCUT2D eigenvalue weighted by Crippen LogP contribution is 2.30. The van der Waals surface area contributed by atoms with Crippen LogP contribution in [-0.4, -0.2) is 46.4 Å². The number of hydrogen-bond donors (Lipinski definition) is 1. The number of hydrogen-bond acceptors (Lipinski definition) is 5. The summed E-state index contributed by atoms with van der Waals surface area (Å²) in [6.07, 6.45) is 0. The highest BCUT2D eigenvalue weighted by molar-refractivity contribution is 7.99. The molecule has 1 atom stereocenters. The molecule has 2 rings (SSSR count). The molecule has 0 spiro atoms. The second kappa shape index (κ2) is 6.80. The minimum absolute atomic E-state index is 0.0539. The summed E-state index contributed by atoms with van der Waals surface area (Å²) in [5.41, 5.74) is 0.645. The van der Waals surface area contributed by atoms with Gasteiger partial charge in [0.2, 0.25) is 0 Å². The Balaban J connectivity index is 2.39. The Morgan fingerprint density at radius 1 is 1.57 bits per heavy atom. The zero-order chi connectivity index (χ0) is 15.4. The van der Waals surface area contributed by atoms with Gasteiger partial charge in [-0.2, -0.15) is 11.8 Å². The Labute approximate surface area is 128 Å². The maximum absolute atomic E-state index is 12.7. The fourth-order valence-corrected chi connectivity index (χ4v) is 3.43. The summed E-state index contributed by atoms with van der Waals surface area (Å²) < 4.78 is 0. The molecule has 0 aliphatic carbocycles. The predicted molar refractivity (Wildman–Crippen MR) is 85.1 cm³/mol. The molecule has 1 aliphatic rings. The van der Waals surface area contributed by atoms with Crippen LogP contribution in [0.5, 0.6) is 0 Å². The number of rotatable bonds is 4. The fourth-order valence-electron chi connectivity index (χ4n) is 2.42. The Morgan fingerprint density at radius 2 is 2.33 bits per heavy atom. The largest absolute Gasteiger partial charge is 0.379 e. The van der Waals surface area contributed by atoms with Crippen LogP contribution < -0.4 is 5.32 Å². The van der Waals surface area contributed by atoms with Gasteiger partial charge in [0.15, 0.2) is 0 Å². The summed E-state index contributed by atoms with van der Waals surface area (Å²) in [7, 11) is 0. The number of carbonyl (C=O) groups excluding carboxylic acids is 1. The van der Waals surface area contributed by atoms with Crippen LogP contribution in [0.15, 0.2) is 18.2 Å². The van der Waals surface area contributed by atoms with Gasteiger partial charge in [-0.05, 0) is 19.9 Å². The summed E-state index contributed by atoms with van der Waals surface area (Å²) in [5.74, 6) is 1.67. The van der Waals surface area contributed by atoms with E-state index in [1.54, 1.807) is 17.0 Å². The lowest BCUT2D eigenvalue weighted by molar-refractivity contribution is -0.384. The van der Waals surface area contributed by atoms with Crippen molar-refractivity contribution in [1.29, 1.82) is 0 Å². The number of para-hydroxylation sites is 1. The minimum Gasteiger partial charge on any atom is -0.379 e. The summed E-state index contributed by atoms with van der Waals surface area (Å²) >= 11 is 1.82. The number of anilines is 1. The van der Waals surface area contributed by atoms with Crippen molar-refractivity contribution in [2.24, 2.45) is 0 Å². The molecular formula is C14H19N3O3S. The number of nitrogens with zero attached hydrogens (tertiary/aromatic N) is 2. The van der Waals surface area contributed by atoms with Gasteiger partial charge in [-0.3, -0.25) is 14.9 Å². The van der Waals surface area contributed by atoms with E-state index in [4.69, 9.17) is 0 Å². The van der Waals surface area contributed by atoms with Gasteiger partial charge < -0.3 is 10.2 Å². The molecule has 0 aromatic heterocycles. The molecule has 1 unspecified atom stereocenters. The molecule has 0 radical (unpaired) electrons. The Morgan fingerprint density at radius 3 is 2.95 bits per heavy atom. The molecule has 114 valence electrons. The molecule has 21 heavy (non-hydrogen) atoms. The topological polar surface area (TPSA) is 75.5 Å². The maximum Gasteiger partial charge on any atom is 0.293 e. The number of thioether (sulfide) groups is 1. The van der Waals surface area contributed by atoms with Crippen LogP contribution in [0.25, 0.3) is 0 Å². The van der Waals surface area contributed by atoms with Crippen molar-refractivity contribution in [3.05, 3.63) is 33.9 Å². The molecule has 1 fully saturated rings. The van der Waals surface area contributed by atoms with Gasteiger partial charge in [-0.25, -0.2) is 0 Å². The molecule has 1 aliphatic heterocycles. The highest BCUT2D eigenvalue weighted by atomic mass is 32.2. The van der Waals surface area contributed by atoms with E-state index >= 15 is 0 Å². The van der Waals surface area contributed by atoms with Gasteiger partial charge in [0, 0.05) is 36.7 Å². The van der Waals surface area contributed by atoms with Crippen LogP contribution in [0.3, 0.4) is 0 Å². The lowest BCUT2D eigenvalue weighted by atomic mass is 10.1. The van der Waals surface area contributed by atoms with E-state index in [-0.39, 0.29) is 17.6 Å². The van der Waals surface area contributed by atoms with Crippen molar-refractivity contribution in [2.45, 2.75) is 19.9 Å². The van der Waals surface area contributed by atoms with E-state index in [0.29, 0.717) is 24.3 Å². The second-order valence-corrected chi connectivity index (χ2v) is 6.06. The van der Waals surface area contributed by atoms with Crippen molar-refractivity contribution >= 4 is 29.0 Å². The molecule has 0 saturated carbocycles. The van der Waals surface area contributed by atoms with E-state index in [2.05, 4.69) is 5.32 Å². The van der Waals surface area contributed by atoms with E-state index in [9.17, 15) is 14.9 Å². The smallest absolute Gasteiger partial charge is 0.293 e. The summed E-state index contributed by atoms with van der Waals surface area (Å²) in [5, 5.41) is 14.1. The number of benzene rings is 1. The first kappa shape index (κ1) is 15.6. The van der Waals surface area contributed by atoms with Crippen LogP contribution in [0.2, 0.25) is 0 Å². The predicted octanol–water partition coefficient (Wildman–Crippen LogP) is 2.60. The molecular weight excluding hydrogens is 290 g/mol. The average Bonchev–Trinajstić information content (AvgIpc) is 2.47. The molecule has 7 heteroatoms. The first-order chi connectivity index (χ1) is 10.1. The molecule has 1 aromatic rings. The molecule has 1 saturated heterocycles. The lowest BCUT2D eigenvalue weighted by Gasteiger charge is -2.33. The molecule has 1 heterocycles. The molecule has 0 bridgehead atoms. The monoisotopic (exact) mass is 309 g/mol. The standard InChI is InChI=1S/C14H19N3O3S/c1-3-15-13-11(5-4-6-12(13)17(19)20)14(18)16-7-8-21-9-10(16)2/h4-6,10,15H,3,7-9H2,1-2H3. The first-order valence-corrected chi connectivity index (χ1v) is 8.11. The molecule has 6 nitrogen and oxygen atoms in total. The second-order valence-electron chi connectivity index (χ2n) is 4.91. The Kier molecular flexibility index (Phi) is 5.06. The van der Waals surface area contributed by atoms with Crippen molar-refractivity contribution in [3.8, 4) is 0 Å². The number of nitro benzene ring substituents is 1. The fraction of sp³-hybridized carbons (Fsp3) is 0.500.